The summed E-state index contributed by atoms with van der Waals surface area (Å²) >= 11 is 0. The van der Waals surface area contributed by atoms with Crippen molar-refractivity contribution in [2.45, 2.75) is 52.2 Å². The summed E-state index contributed by atoms with van der Waals surface area (Å²) in [5.41, 5.74) is 0. The lowest BCUT2D eigenvalue weighted by molar-refractivity contribution is -0.0844. The average molecular weight is 182 g/mol. The maximum Gasteiger partial charge on any atom is 0.0643 e. The molecule has 1 heteroatoms. The fourth-order valence-corrected chi connectivity index (χ4v) is 2.24. The van der Waals surface area contributed by atoms with Gasteiger partial charge in [-0.1, -0.05) is 19.9 Å². The lowest BCUT2D eigenvalue weighted by Gasteiger charge is -2.37. The van der Waals surface area contributed by atoms with E-state index in [0.717, 1.165) is 18.3 Å². The Morgan fingerprint density at radius 3 is 2.69 bits per heavy atom. The van der Waals surface area contributed by atoms with Crippen LogP contribution in [-0.4, -0.2) is 12.2 Å². The van der Waals surface area contributed by atoms with E-state index in [9.17, 15) is 0 Å². The minimum Gasteiger partial charge on any atom is -0.375 e. The zero-order valence-electron chi connectivity index (χ0n) is 9.12. The lowest BCUT2D eigenvalue weighted by atomic mass is 9.82. The molecule has 1 rings (SSSR count). The molecule has 0 saturated carbocycles. The molecular weight excluding hydrogens is 160 g/mol. The van der Waals surface area contributed by atoms with Crippen LogP contribution >= 0.6 is 0 Å². The third kappa shape index (κ3) is 2.84. The predicted molar refractivity (Wildman–Crippen MR) is 56.7 cm³/mol. The summed E-state index contributed by atoms with van der Waals surface area (Å²) in [6.45, 7) is 10.6. The van der Waals surface area contributed by atoms with Crippen molar-refractivity contribution in [3.63, 3.8) is 0 Å². The minimum absolute atomic E-state index is 0.418. The Balaban J connectivity index is 2.54. The van der Waals surface area contributed by atoms with Crippen LogP contribution in [0.5, 0.6) is 0 Å². The van der Waals surface area contributed by atoms with Crippen LogP contribution in [0.2, 0.25) is 0 Å². The van der Waals surface area contributed by atoms with E-state index >= 15 is 0 Å². The van der Waals surface area contributed by atoms with Crippen LogP contribution in [0.3, 0.4) is 0 Å². The summed E-state index contributed by atoms with van der Waals surface area (Å²) in [6.07, 6.45) is 6.39. The second-order valence-corrected chi connectivity index (χ2v) is 4.49. The monoisotopic (exact) mass is 182 g/mol. The number of ether oxygens (including phenoxy) is 1. The summed E-state index contributed by atoms with van der Waals surface area (Å²) in [5, 5.41) is 0. The third-order valence-corrected chi connectivity index (χ3v) is 3.05. The third-order valence-electron chi connectivity index (χ3n) is 3.05. The van der Waals surface area contributed by atoms with Crippen molar-refractivity contribution in [1.29, 1.82) is 0 Å². The normalized spacial score (nSPS) is 34.9. The highest BCUT2D eigenvalue weighted by Crippen LogP contribution is 2.32. The van der Waals surface area contributed by atoms with Crippen LogP contribution in [0, 0.1) is 11.8 Å². The van der Waals surface area contributed by atoms with Crippen molar-refractivity contribution < 1.29 is 4.74 Å². The van der Waals surface area contributed by atoms with Gasteiger partial charge in [0.1, 0.15) is 0 Å². The first-order valence-corrected chi connectivity index (χ1v) is 5.41. The van der Waals surface area contributed by atoms with Gasteiger partial charge in [0.15, 0.2) is 0 Å². The van der Waals surface area contributed by atoms with Gasteiger partial charge in [0, 0.05) is 0 Å². The molecule has 3 atom stereocenters. The molecule has 0 aromatic carbocycles. The molecule has 1 aliphatic heterocycles. The molecule has 1 aliphatic rings. The Hall–Kier alpha value is -0.300. The zero-order valence-corrected chi connectivity index (χ0v) is 9.12. The van der Waals surface area contributed by atoms with Crippen molar-refractivity contribution in [2.75, 3.05) is 0 Å². The molecule has 76 valence electrons. The Morgan fingerprint density at radius 1 is 1.46 bits per heavy atom. The van der Waals surface area contributed by atoms with Gasteiger partial charge in [0.05, 0.1) is 12.2 Å². The summed E-state index contributed by atoms with van der Waals surface area (Å²) in [4.78, 5) is 0. The molecule has 1 nitrogen and oxygen atoms in total. The Labute approximate surface area is 82.2 Å². The second kappa shape index (κ2) is 4.80. The first-order chi connectivity index (χ1) is 6.15. The van der Waals surface area contributed by atoms with Gasteiger partial charge in [-0.2, -0.15) is 0 Å². The van der Waals surface area contributed by atoms with Gasteiger partial charge in [-0.05, 0) is 38.0 Å². The smallest absolute Gasteiger partial charge is 0.0643 e. The SMILES string of the molecule is C=CCC1OC(C)CCC1C(C)C. The lowest BCUT2D eigenvalue weighted by Crippen LogP contribution is -2.36. The summed E-state index contributed by atoms with van der Waals surface area (Å²) in [7, 11) is 0. The van der Waals surface area contributed by atoms with E-state index in [-0.39, 0.29) is 0 Å². The molecule has 13 heavy (non-hydrogen) atoms. The van der Waals surface area contributed by atoms with E-state index in [2.05, 4.69) is 27.4 Å². The molecule has 0 N–H and O–H groups in total. The molecule has 0 radical (unpaired) electrons. The molecule has 0 amide bonds. The fourth-order valence-electron chi connectivity index (χ4n) is 2.24. The van der Waals surface area contributed by atoms with E-state index in [4.69, 9.17) is 4.74 Å². The molecule has 0 spiro atoms. The van der Waals surface area contributed by atoms with E-state index in [1.807, 2.05) is 6.08 Å². The van der Waals surface area contributed by atoms with Crippen LogP contribution in [0.1, 0.15) is 40.0 Å². The average Bonchev–Trinajstić information content (AvgIpc) is 2.04. The molecule has 1 saturated heterocycles. The molecule has 0 bridgehead atoms. The number of hydrogen-bond acceptors (Lipinski definition) is 1. The van der Waals surface area contributed by atoms with Crippen LogP contribution in [0.4, 0.5) is 0 Å². The first-order valence-electron chi connectivity index (χ1n) is 5.41. The molecule has 0 aromatic heterocycles. The predicted octanol–water partition coefficient (Wildman–Crippen LogP) is 3.40. The van der Waals surface area contributed by atoms with Crippen LogP contribution < -0.4 is 0 Å². The minimum atomic E-state index is 0.418. The molecule has 1 heterocycles. The van der Waals surface area contributed by atoms with Crippen LogP contribution in [0.25, 0.3) is 0 Å². The highest BCUT2D eigenvalue weighted by Gasteiger charge is 2.30. The second-order valence-electron chi connectivity index (χ2n) is 4.49. The maximum absolute atomic E-state index is 5.93. The molecule has 0 aromatic rings. The first kappa shape index (κ1) is 10.8. The Kier molecular flexibility index (Phi) is 3.98. The van der Waals surface area contributed by atoms with Crippen molar-refractivity contribution in [1.82, 2.24) is 0 Å². The van der Waals surface area contributed by atoms with Crippen LogP contribution in [-0.2, 0) is 4.74 Å². The summed E-state index contributed by atoms with van der Waals surface area (Å²) < 4.78 is 5.93. The highest BCUT2D eigenvalue weighted by atomic mass is 16.5. The topological polar surface area (TPSA) is 9.23 Å². The van der Waals surface area contributed by atoms with Crippen molar-refractivity contribution in [3.8, 4) is 0 Å². The molecule has 0 aliphatic carbocycles. The standard InChI is InChI=1S/C12H22O/c1-5-6-12-11(9(2)3)8-7-10(4)13-12/h5,9-12H,1,6-8H2,2-4H3. The van der Waals surface area contributed by atoms with Gasteiger partial charge >= 0.3 is 0 Å². The molecular formula is C12H22O. The van der Waals surface area contributed by atoms with Gasteiger partial charge in [0.2, 0.25) is 0 Å². The van der Waals surface area contributed by atoms with E-state index < -0.39 is 0 Å². The van der Waals surface area contributed by atoms with E-state index in [0.29, 0.717) is 12.2 Å². The maximum atomic E-state index is 5.93. The Morgan fingerprint density at radius 2 is 2.15 bits per heavy atom. The van der Waals surface area contributed by atoms with Gasteiger partial charge < -0.3 is 4.74 Å². The fraction of sp³-hybridized carbons (Fsp3) is 0.833. The van der Waals surface area contributed by atoms with Crippen molar-refractivity contribution in [3.05, 3.63) is 12.7 Å². The summed E-state index contributed by atoms with van der Waals surface area (Å²) in [5.74, 6) is 1.46. The van der Waals surface area contributed by atoms with E-state index in [1.54, 1.807) is 0 Å². The zero-order chi connectivity index (χ0) is 9.84. The number of hydrogen-bond donors (Lipinski definition) is 0. The van der Waals surface area contributed by atoms with Gasteiger partial charge in [-0.3, -0.25) is 0 Å². The highest BCUT2D eigenvalue weighted by molar-refractivity contribution is 4.84. The number of rotatable bonds is 3. The molecule has 3 unspecified atom stereocenters. The quantitative estimate of drug-likeness (QED) is 0.608. The van der Waals surface area contributed by atoms with Gasteiger partial charge in [-0.25, -0.2) is 0 Å². The Bertz CT molecular complexity index is 163. The van der Waals surface area contributed by atoms with Gasteiger partial charge in [-0.15, -0.1) is 6.58 Å². The summed E-state index contributed by atoms with van der Waals surface area (Å²) in [6, 6.07) is 0. The van der Waals surface area contributed by atoms with Crippen molar-refractivity contribution >= 4 is 0 Å². The van der Waals surface area contributed by atoms with E-state index in [1.165, 1.54) is 12.8 Å². The van der Waals surface area contributed by atoms with Crippen LogP contribution in [0.15, 0.2) is 12.7 Å². The van der Waals surface area contributed by atoms with Gasteiger partial charge in [0.25, 0.3) is 0 Å². The molecule has 1 fully saturated rings. The largest absolute Gasteiger partial charge is 0.375 e. The van der Waals surface area contributed by atoms with Crippen molar-refractivity contribution in [2.24, 2.45) is 11.8 Å².